The number of aryl methyl sites for hydroxylation is 1. The van der Waals surface area contributed by atoms with Crippen LogP contribution in [0.1, 0.15) is 18.7 Å². The molecule has 1 heterocycles. The summed E-state index contributed by atoms with van der Waals surface area (Å²) in [6.07, 6.45) is 0.987. The maximum Gasteiger partial charge on any atom is 0.303 e. The molecule has 2 N–H and O–H groups in total. The van der Waals surface area contributed by atoms with Crippen LogP contribution in [0.15, 0.2) is 28.8 Å². The molecular formula is C12H12N2O4. The van der Waals surface area contributed by atoms with E-state index in [0.29, 0.717) is 24.6 Å². The van der Waals surface area contributed by atoms with Crippen molar-refractivity contribution in [2.75, 3.05) is 0 Å². The van der Waals surface area contributed by atoms with Crippen LogP contribution in [0, 0.1) is 0 Å². The van der Waals surface area contributed by atoms with Gasteiger partial charge in [0, 0.05) is 18.4 Å². The van der Waals surface area contributed by atoms with Gasteiger partial charge in [0.05, 0.1) is 0 Å². The first-order chi connectivity index (χ1) is 8.65. The summed E-state index contributed by atoms with van der Waals surface area (Å²) in [4.78, 5) is 14.5. The number of benzene rings is 1. The Bertz CT molecular complexity index is 533. The molecule has 0 aliphatic carbocycles. The Hall–Kier alpha value is -2.37. The van der Waals surface area contributed by atoms with Crippen LogP contribution in [0.5, 0.6) is 5.75 Å². The van der Waals surface area contributed by atoms with Crippen molar-refractivity contribution in [3.63, 3.8) is 0 Å². The number of aromatic hydroxyl groups is 1. The first-order valence-electron chi connectivity index (χ1n) is 5.49. The predicted molar refractivity (Wildman–Crippen MR) is 62.0 cm³/mol. The molecule has 0 bridgehead atoms. The molecule has 0 radical (unpaired) electrons. The molecule has 0 unspecified atom stereocenters. The monoisotopic (exact) mass is 248 g/mol. The van der Waals surface area contributed by atoms with Crippen molar-refractivity contribution >= 4 is 5.97 Å². The Balaban J connectivity index is 2.01. The molecule has 2 rings (SSSR count). The zero-order valence-electron chi connectivity index (χ0n) is 9.54. The lowest BCUT2D eigenvalue weighted by molar-refractivity contribution is -0.137. The van der Waals surface area contributed by atoms with E-state index in [4.69, 9.17) is 14.7 Å². The fraction of sp³-hybridized carbons (Fsp3) is 0.250. The maximum absolute atomic E-state index is 10.4. The quantitative estimate of drug-likeness (QED) is 0.838. The van der Waals surface area contributed by atoms with Gasteiger partial charge in [-0.2, -0.15) is 4.98 Å². The van der Waals surface area contributed by atoms with Crippen molar-refractivity contribution in [1.82, 2.24) is 10.1 Å². The fourth-order valence-electron chi connectivity index (χ4n) is 1.48. The highest BCUT2D eigenvalue weighted by Gasteiger charge is 2.09. The first kappa shape index (κ1) is 12.1. The van der Waals surface area contributed by atoms with Gasteiger partial charge in [0.2, 0.25) is 11.7 Å². The summed E-state index contributed by atoms with van der Waals surface area (Å²) in [7, 11) is 0. The predicted octanol–water partition coefficient (Wildman–Crippen LogP) is 1.85. The number of phenols is 1. The molecule has 94 valence electrons. The van der Waals surface area contributed by atoms with Gasteiger partial charge in [-0.3, -0.25) is 4.79 Å². The molecule has 0 spiro atoms. The highest BCUT2D eigenvalue weighted by molar-refractivity contribution is 5.66. The molecule has 1 aromatic heterocycles. The van der Waals surface area contributed by atoms with Crippen molar-refractivity contribution in [2.24, 2.45) is 0 Å². The Morgan fingerprint density at radius 2 is 2.00 bits per heavy atom. The van der Waals surface area contributed by atoms with E-state index in [-0.39, 0.29) is 12.2 Å². The van der Waals surface area contributed by atoms with Crippen molar-refractivity contribution < 1.29 is 19.5 Å². The number of carboxylic acid groups (broad SMARTS) is 1. The van der Waals surface area contributed by atoms with Crippen LogP contribution < -0.4 is 0 Å². The number of carbonyl (C=O) groups is 1. The van der Waals surface area contributed by atoms with Crippen LogP contribution in [0.3, 0.4) is 0 Å². The van der Waals surface area contributed by atoms with Crippen molar-refractivity contribution in [3.8, 4) is 17.1 Å². The number of hydrogen-bond donors (Lipinski definition) is 2. The van der Waals surface area contributed by atoms with Gasteiger partial charge in [-0.05, 0) is 30.7 Å². The lowest BCUT2D eigenvalue weighted by Gasteiger charge is -1.94. The third-order valence-electron chi connectivity index (χ3n) is 2.37. The standard InChI is InChI=1S/C12H12N2O4/c15-9-6-4-8(5-7-9)12-13-10(18-14-12)2-1-3-11(16)17/h4-7,15H,1-3H2,(H,16,17). The van der Waals surface area contributed by atoms with E-state index in [1.807, 2.05) is 0 Å². The van der Waals surface area contributed by atoms with Crippen LogP contribution in [0.25, 0.3) is 11.4 Å². The first-order valence-corrected chi connectivity index (χ1v) is 5.49. The molecule has 0 saturated heterocycles. The Morgan fingerprint density at radius 1 is 1.28 bits per heavy atom. The molecule has 0 aliphatic heterocycles. The average Bonchev–Trinajstić information content (AvgIpc) is 2.78. The molecule has 18 heavy (non-hydrogen) atoms. The van der Waals surface area contributed by atoms with Gasteiger partial charge < -0.3 is 14.7 Å². The van der Waals surface area contributed by atoms with Crippen molar-refractivity contribution in [2.45, 2.75) is 19.3 Å². The van der Waals surface area contributed by atoms with Gasteiger partial charge >= 0.3 is 5.97 Å². The summed E-state index contributed by atoms with van der Waals surface area (Å²) in [5.41, 5.74) is 0.737. The molecule has 0 fully saturated rings. The van der Waals surface area contributed by atoms with E-state index in [9.17, 15) is 4.79 Å². The van der Waals surface area contributed by atoms with Crippen molar-refractivity contribution in [3.05, 3.63) is 30.2 Å². The number of aliphatic carboxylic acids is 1. The summed E-state index contributed by atoms with van der Waals surface area (Å²) in [5, 5.41) is 21.5. The molecule has 0 amide bonds. The average molecular weight is 248 g/mol. The summed E-state index contributed by atoms with van der Waals surface area (Å²) >= 11 is 0. The van der Waals surface area contributed by atoms with Gasteiger partial charge in [0.15, 0.2) is 0 Å². The van der Waals surface area contributed by atoms with Crippen LogP contribution in [-0.4, -0.2) is 26.3 Å². The minimum absolute atomic E-state index is 0.0803. The summed E-state index contributed by atoms with van der Waals surface area (Å²) in [6.45, 7) is 0. The van der Waals surface area contributed by atoms with E-state index in [1.54, 1.807) is 12.1 Å². The number of rotatable bonds is 5. The molecule has 6 nitrogen and oxygen atoms in total. The largest absolute Gasteiger partial charge is 0.508 e. The summed E-state index contributed by atoms with van der Waals surface area (Å²) in [5.74, 6) is 0.178. The third kappa shape index (κ3) is 3.07. The Morgan fingerprint density at radius 3 is 2.67 bits per heavy atom. The lowest BCUT2D eigenvalue weighted by atomic mass is 10.2. The minimum atomic E-state index is -0.840. The van der Waals surface area contributed by atoms with Gasteiger partial charge in [-0.1, -0.05) is 5.16 Å². The van der Waals surface area contributed by atoms with Gasteiger partial charge in [-0.15, -0.1) is 0 Å². The zero-order valence-corrected chi connectivity index (χ0v) is 9.54. The lowest BCUT2D eigenvalue weighted by Crippen LogP contribution is -1.95. The van der Waals surface area contributed by atoms with E-state index in [2.05, 4.69) is 10.1 Å². The third-order valence-corrected chi connectivity index (χ3v) is 2.37. The summed E-state index contributed by atoms with van der Waals surface area (Å²) < 4.78 is 5.01. The van der Waals surface area contributed by atoms with Crippen LogP contribution in [-0.2, 0) is 11.2 Å². The zero-order chi connectivity index (χ0) is 13.0. The number of aromatic nitrogens is 2. The SMILES string of the molecule is O=C(O)CCCc1nc(-c2ccc(O)cc2)no1. The number of nitrogens with zero attached hydrogens (tertiary/aromatic N) is 2. The van der Waals surface area contributed by atoms with E-state index >= 15 is 0 Å². The molecule has 6 heteroatoms. The maximum atomic E-state index is 10.4. The Labute approximate surface area is 103 Å². The van der Waals surface area contributed by atoms with Crippen molar-refractivity contribution in [1.29, 1.82) is 0 Å². The second-order valence-electron chi connectivity index (χ2n) is 3.81. The molecule has 2 aromatic rings. The fourth-order valence-corrected chi connectivity index (χ4v) is 1.48. The minimum Gasteiger partial charge on any atom is -0.508 e. The molecule has 0 aliphatic rings. The second kappa shape index (κ2) is 5.31. The van der Waals surface area contributed by atoms with E-state index in [0.717, 1.165) is 5.56 Å². The van der Waals surface area contributed by atoms with E-state index in [1.165, 1.54) is 12.1 Å². The molecule has 1 aromatic carbocycles. The number of phenolic OH excluding ortho intramolecular Hbond substituents is 1. The summed E-state index contributed by atoms with van der Waals surface area (Å²) in [6, 6.07) is 6.44. The van der Waals surface area contributed by atoms with E-state index < -0.39 is 5.97 Å². The molecule has 0 atom stereocenters. The smallest absolute Gasteiger partial charge is 0.303 e. The van der Waals surface area contributed by atoms with Crippen LogP contribution >= 0.6 is 0 Å². The van der Waals surface area contributed by atoms with Gasteiger partial charge in [-0.25, -0.2) is 0 Å². The second-order valence-corrected chi connectivity index (χ2v) is 3.81. The van der Waals surface area contributed by atoms with Gasteiger partial charge in [0.25, 0.3) is 0 Å². The highest BCUT2D eigenvalue weighted by Crippen LogP contribution is 2.19. The van der Waals surface area contributed by atoms with Crippen LogP contribution in [0.2, 0.25) is 0 Å². The topological polar surface area (TPSA) is 96.5 Å². The number of carboxylic acids is 1. The van der Waals surface area contributed by atoms with Crippen LogP contribution in [0.4, 0.5) is 0 Å². The number of hydrogen-bond acceptors (Lipinski definition) is 5. The molecular weight excluding hydrogens is 236 g/mol. The Kier molecular flexibility index (Phi) is 3.57. The normalized spacial score (nSPS) is 10.4. The molecule has 0 saturated carbocycles. The van der Waals surface area contributed by atoms with Gasteiger partial charge in [0.1, 0.15) is 5.75 Å². The highest BCUT2D eigenvalue weighted by atomic mass is 16.5.